The molecule has 0 radical (unpaired) electrons. The van der Waals surface area contributed by atoms with E-state index in [0.717, 1.165) is 10.6 Å². The van der Waals surface area contributed by atoms with Crippen LogP contribution in [-0.2, 0) is 9.63 Å². The second-order valence-electron chi connectivity index (χ2n) is 5.39. The van der Waals surface area contributed by atoms with E-state index in [0.29, 0.717) is 11.1 Å². The summed E-state index contributed by atoms with van der Waals surface area (Å²) in [6, 6.07) is 15.7. The predicted molar refractivity (Wildman–Crippen MR) is 85.9 cm³/mol. The molecule has 122 valence electrons. The van der Waals surface area contributed by atoms with Gasteiger partial charge in [0.25, 0.3) is 11.8 Å². The normalized spacial score (nSPS) is 14.5. The lowest BCUT2D eigenvalue weighted by molar-refractivity contribution is -0.136. The van der Waals surface area contributed by atoms with Crippen molar-refractivity contribution < 1.29 is 19.2 Å². The fourth-order valence-corrected chi connectivity index (χ4v) is 2.51. The van der Waals surface area contributed by atoms with Crippen LogP contribution in [0.5, 0.6) is 0 Å². The van der Waals surface area contributed by atoms with Gasteiger partial charge >= 0.3 is 0 Å². The molecule has 24 heavy (non-hydrogen) atoms. The minimum Gasteiger partial charge on any atom is -0.353 e. The number of benzene rings is 2. The zero-order valence-corrected chi connectivity index (χ0v) is 13.1. The number of hydrogen-bond donors (Lipinski definition) is 1. The molecule has 0 aliphatic carbocycles. The number of carbonyl (C=O) groups excluding carboxylic acids is 3. The van der Waals surface area contributed by atoms with Gasteiger partial charge in [-0.2, -0.15) is 0 Å². The van der Waals surface area contributed by atoms with Gasteiger partial charge in [-0.1, -0.05) is 42.5 Å². The third-order valence-corrected chi connectivity index (χ3v) is 3.70. The van der Waals surface area contributed by atoms with Crippen LogP contribution in [0.1, 0.15) is 39.3 Å². The molecule has 0 bridgehead atoms. The van der Waals surface area contributed by atoms with Gasteiger partial charge in [-0.25, -0.2) is 0 Å². The maximum absolute atomic E-state index is 12.4. The van der Waals surface area contributed by atoms with Gasteiger partial charge in [0, 0.05) is 6.92 Å². The molecule has 2 aromatic rings. The maximum Gasteiger partial charge on any atom is 0.285 e. The lowest BCUT2D eigenvalue weighted by atomic mass is 10.1. The molecule has 6 heteroatoms. The first kappa shape index (κ1) is 15.9. The van der Waals surface area contributed by atoms with E-state index in [9.17, 15) is 14.4 Å². The molecule has 1 heterocycles. The van der Waals surface area contributed by atoms with Crippen LogP contribution in [0.3, 0.4) is 0 Å². The van der Waals surface area contributed by atoms with Crippen molar-refractivity contribution >= 4 is 17.7 Å². The third kappa shape index (κ3) is 3.04. The van der Waals surface area contributed by atoms with Crippen LogP contribution in [0.4, 0.5) is 0 Å². The molecule has 3 rings (SSSR count). The molecule has 0 saturated heterocycles. The number of nitrogens with zero attached hydrogens (tertiary/aromatic N) is 1. The highest BCUT2D eigenvalue weighted by atomic mass is 16.7. The molecule has 1 atom stereocenters. The summed E-state index contributed by atoms with van der Waals surface area (Å²) >= 11 is 0. The number of nitrogens with one attached hydrogen (secondary N) is 1. The van der Waals surface area contributed by atoms with Crippen LogP contribution >= 0.6 is 0 Å². The Labute approximate surface area is 139 Å². The first-order valence-electron chi connectivity index (χ1n) is 7.52. The van der Waals surface area contributed by atoms with E-state index in [4.69, 9.17) is 4.84 Å². The quantitative estimate of drug-likeness (QED) is 0.855. The molecule has 0 spiro atoms. The molecule has 0 saturated carbocycles. The van der Waals surface area contributed by atoms with E-state index in [1.807, 2.05) is 30.3 Å². The van der Waals surface area contributed by atoms with Gasteiger partial charge in [-0.3, -0.25) is 19.2 Å². The third-order valence-electron chi connectivity index (χ3n) is 3.70. The summed E-state index contributed by atoms with van der Waals surface area (Å²) in [5.74, 6) is -1.22. The Morgan fingerprint density at radius 1 is 1.00 bits per heavy atom. The van der Waals surface area contributed by atoms with Gasteiger partial charge in [-0.05, 0) is 17.7 Å². The van der Waals surface area contributed by atoms with E-state index < -0.39 is 17.9 Å². The molecular weight excluding hydrogens is 308 g/mol. The minimum atomic E-state index is -0.655. The Morgan fingerprint density at radius 3 is 2.08 bits per heavy atom. The molecule has 0 aromatic heterocycles. The number of imide groups is 1. The van der Waals surface area contributed by atoms with Crippen LogP contribution in [0.2, 0.25) is 0 Å². The van der Waals surface area contributed by atoms with Crippen molar-refractivity contribution in [1.82, 2.24) is 10.4 Å². The monoisotopic (exact) mass is 324 g/mol. The molecule has 1 N–H and O–H groups in total. The van der Waals surface area contributed by atoms with Crippen LogP contribution in [0.15, 0.2) is 54.6 Å². The van der Waals surface area contributed by atoms with Crippen LogP contribution < -0.4 is 5.32 Å². The van der Waals surface area contributed by atoms with Gasteiger partial charge < -0.3 is 5.32 Å². The molecule has 6 nitrogen and oxygen atoms in total. The van der Waals surface area contributed by atoms with Crippen LogP contribution in [-0.4, -0.2) is 29.3 Å². The molecular formula is C18H16N2O4. The first-order chi connectivity index (χ1) is 11.6. The average molecular weight is 324 g/mol. The smallest absolute Gasteiger partial charge is 0.285 e. The van der Waals surface area contributed by atoms with Crippen molar-refractivity contribution in [3.8, 4) is 0 Å². The maximum atomic E-state index is 12.4. The number of rotatable bonds is 5. The molecule has 2 aromatic carbocycles. The second kappa shape index (κ2) is 6.64. The Balaban J connectivity index is 1.84. The molecule has 1 unspecified atom stereocenters. The average Bonchev–Trinajstić information content (AvgIpc) is 2.84. The fourth-order valence-electron chi connectivity index (χ4n) is 2.51. The van der Waals surface area contributed by atoms with Crippen molar-refractivity contribution in [2.45, 2.75) is 13.0 Å². The minimum absolute atomic E-state index is 0.146. The summed E-state index contributed by atoms with van der Waals surface area (Å²) in [6.07, 6.45) is -0.655. The van der Waals surface area contributed by atoms with Gasteiger partial charge in [0.15, 0.2) is 0 Å². The largest absolute Gasteiger partial charge is 0.353 e. The van der Waals surface area contributed by atoms with E-state index in [2.05, 4.69) is 5.32 Å². The summed E-state index contributed by atoms with van der Waals surface area (Å²) < 4.78 is 0. The number of carbonyl (C=O) groups is 3. The summed E-state index contributed by atoms with van der Waals surface area (Å²) in [7, 11) is 0. The predicted octanol–water partition coefficient (Wildman–Crippen LogP) is 2.09. The van der Waals surface area contributed by atoms with Crippen LogP contribution in [0, 0.1) is 0 Å². The number of hydrogen-bond acceptors (Lipinski definition) is 4. The molecule has 1 aliphatic heterocycles. The van der Waals surface area contributed by atoms with Crippen molar-refractivity contribution in [2.75, 3.05) is 6.54 Å². The SMILES string of the molecule is CC(=O)NCC(ON1C(=O)c2ccccc2C1=O)c1ccccc1. The lowest BCUT2D eigenvalue weighted by Crippen LogP contribution is -2.36. The van der Waals surface area contributed by atoms with Gasteiger partial charge in [0.1, 0.15) is 6.10 Å². The number of hydroxylamine groups is 2. The summed E-state index contributed by atoms with van der Waals surface area (Å²) in [6.45, 7) is 1.54. The highest BCUT2D eigenvalue weighted by molar-refractivity contribution is 6.20. The molecule has 3 amide bonds. The van der Waals surface area contributed by atoms with E-state index in [1.54, 1.807) is 24.3 Å². The Kier molecular flexibility index (Phi) is 4.39. The van der Waals surface area contributed by atoms with Crippen molar-refractivity contribution in [1.29, 1.82) is 0 Å². The van der Waals surface area contributed by atoms with Gasteiger partial charge in [0.2, 0.25) is 5.91 Å². The Bertz CT molecular complexity index is 754. The number of fused-ring (bicyclic) bond motifs is 1. The van der Waals surface area contributed by atoms with Crippen molar-refractivity contribution in [2.24, 2.45) is 0 Å². The van der Waals surface area contributed by atoms with Crippen molar-refractivity contribution in [3.05, 3.63) is 71.3 Å². The Morgan fingerprint density at radius 2 is 1.54 bits per heavy atom. The first-order valence-corrected chi connectivity index (χ1v) is 7.52. The standard InChI is InChI=1S/C18H16N2O4/c1-12(21)19-11-16(13-7-3-2-4-8-13)24-20-17(22)14-9-5-6-10-15(14)18(20)23/h2-10,16H,11H2,1H3,(H,19,21). The van der Waals surface area contributed by atoms with Gasteiger partial charge in [-0.15, -0.1) is 5.06 Å². The van der Waals surface area contributed by atoms with Crippen LogP contribution in [0.25, 0.3) is 0 Å². The zero-order chi connectivity index (χ0) is 17.1. The highest BCUT2D eigenvalue weighted by Gasteiger charge is 2.38. The topological polar surface area (TPSA) is 75.7 Å². The zero-order valence-electron chi connectivity index (χ0n) is 13.1. The molecule has 0 fully saturated rings. The van der Waals surface area contributed by atoms with Crippen molar-refractivity contribution in [3.63, 3.8) is 0 Å². The van der Waals surface area contributed by atoms with E-state index in [1.165, 1.54) is 6.92 Å². The Hall–Kier alpha value is -2.99. The summed E-state index contributed by atoms with van der Waals surface area (Å²) in [4.78, 5) is 41.7. The summed E-state index contributed by atoms with van der Waals surface area (Å²) in [5, 5.41) is 3.42. The molecule has 1 aliphatic rings. The number of amides is 3. The summed E-state index contributed by atoms with van der Waals surface area (Å²) in [5.41, 5.74) is 1.38. The van der Waals surface area contributed by atoms with Gasteiger partial charge in [0.05, 0.1) is 17.7 Å². The highest BCUT2D eigenvalue weighted by Crippen LogP contribution is 2.27. The van der Waals surface area contributed by atoms with E-state index in [-0.39, 0.29) is 12.5 Å². The second-order valence-corrected chi connectivity index (χ2v) is 5.39. The van der Waals surface area contributed by atoms with E-state index >= 15 is 0 Å². The lowest BCUT2D eigenvalue weighted by Gasteiger charge is -2.23. The fraction of sp³-hybridized carbons (Fsp3) is 0.167.